The average molecular weight is 409 g/mol. The number of nitrogens with zero attached hydrogens (tertiary/aromatic N) is 1. The Bertz CT molecular complexity index is 873. The van der Waals surface area contributed by atoms with Crippen molar-refractivity contribution in [1.82, 2.24) is 10.2 Å². The predicted octanol–water partition coefficient (Wildman–Crippen LogP) is 4.33. The SMILES string of the molecule is COc1ccc2c(c1)OC(C)(C)C[C@H]2NC(=O)C1CCN(Cc2ccccc2)CC1. The van der Waals surface area contributed by atoms with Crippen molar-refractivity contribution in [2.24, 2.45) is 5.92 Å². The van der Waals surface area contributed by atoms with Crippen molar-refractivity contribution in [2.45, 2.75) is 51.3 Å². The standard InChI is InChI=1S/C25H32N2O3/c1-25(2)16-22(21-10-9-20(29-3)15-23(21)30-25)26-24(28)19-11-13-27(14-12-19)17-18-7-5-4-6-8-18/h4-10,15,19,22H,11-14,16-17H2,1-3H3,(H,26,28)/t22-/m1/s1. The van der Waals surface area contributed by atoms with Crippen molar-refractivity contribution in [3.63, 3.8) is 0 Å². The second kappa shape index (κ2) is 8.68. The number of piperidine rings is 1. The molecule has 2 heterocycles. The first-order chi connectivity index (χ1) is 14.4. The highest BCUT2D eigenvalue weighted by molar-refractivity contribution is 5.79. The van der Waals surface area contributed by atoms with E-state index in [1.54, 1.807) is 7.11 Å². The molecule has 1 saturated heterocycles. The minimum absolute atomic E-state index is 0.0375. The van der Waals surface area contributed by atoms with Gasteiger partial charge in [0.1, 0.15) is 17.1 Å². The van der Waals surface area contributed by atoms with Crippen LogP contribution in [-0.4, -0.2) is 36.6 Å². The zero-order chi connectivity index (χ0) is 21.1. The van der Waals surface area contributed by atoms with Gasteiger partial charge in [0, 0.05) is 30.5 Å². The Labute approximate surface area is 179 Å². The number of carbonyl (C=O) groups is 1. The maximum Gasteiger partial charge on any atom is 0.223 e. The van der Waals surface area contributed by atoms with Crippen molar-refractivity contribution in [3.05, 3.63) is 59.7 Å². The lowest BCUT2D eigenvalue weighted by molar-refractivity contribution is -0.127. The summed E-state index contributed by atoms with van der Waals surface area (Å²) in [7, 11) is 1.65. The molecule has 2 aromatic rings. The molecule has 1 N–H and O–H groups in total. The van der Waals surface area contributed by atoms with Gasteiger partial charge >= 0.3 is 0 Å². The van der Waals surface area contributed by atoms with Crippen LogP contribution in [0.2, 0.25) is 0 Å². The van der Waals surface area contributed by atoms with Crippen molar-refractivity contribution in [3.8, 4) is 11.5 Å². The molecule has 4 rings (SSSR count). The van der Waals surface area contributed by atoms with E-state index >= 15 is 0 Å². The molecule has 2 aliphatic rings. The maximum absolute atomic E-state index is 13.1. The number of ether oxygens (including phenoxy) is 2. The summed E-state index contributed by atoms with van der Waals surface area (Å²) in [5.41, 5.74) is 2.03. The molecular weight excluding hydrogens is 376 g/mol. The number of benzene rings is 2. The molecule has 2 aromatic carbocycles. The summed E-state index contributed by atoms with van der Waals surface area (Å²) >= 11 is 0. The Morgan fingerprint density at radius 1 is 1.17 bits per heavy atom. The van der Waals surface area contributed by atoms with Gasteiger partial charge in [0.2, 0.25) is 5.91 Å². The number of carbonyl (C=O) groups excluding carboxylic acids is 1. The van der Waals surface area contributed by atoms with E-state index in [0.717, 1.165) is 56.0 Å². The molecule has 0 spiro atoms. The van der Waals surface area contributed by atoms with Crippen molar-refractivity contribution in [1.29, 1.82) is 0 Å². The van der Waals surface area contributed by atoms with Crippen molar-refractivity contribution in [2.75, 3.05) is 20.2 Å². The van der Waals surface area contributed by atoms with Gasteiger partial charge in [-0.3, -0.25) is 9.69 Å². The van der Waals surface area contributed by atoms with Crippen LogP contribution in [0.1, 0.15) is 50.3 Å². The average Bonchev–Trinajstić information content (AvgIpc) is 2.73. The first-order valence-corrected chi connectivity index (χ1v) is 10.9. The van der Waals surface area contributed by atoms with Crippen LogP contribution in [0.5, 0.6) is 11.5 Å². The number of rotatable bonds is 5. The fraction of sp³-hybridized carbons (Fsp3) is 0.480. The number of hydrogen-bond donors (Lipinski definition) is 1. The number of nitrogens with one attached hydrogen (secondary N) is 1. The molecule has 1 amide bonds. The first kappa shape index (κ1) is 20.7. The lowest BCUT2D eigenvalue weighted by atomic mass is 9.88. The summed E-state index contributed by atoms with van der Waals surface area (Å²) in [6.45, 7) is 7.01. The van der Waals surface area contributed by atoms with Gasteiger partial charge in [0.25, 0.3) is 0 Å². The van der Waals surface area contributed by atoms with Crippen molar-refractivity contribution < 1.29 is 14.3 Å². The topological polar surface area (TPSA) is 50.8 Å². The van der Waals surface area contributed by atoms with E-state index in [-0.39, 0.29) is 23.5 Å². The quantitative estimate of drug-likeness (QED) is 0.800. The summed E-state index contributed by atoms with van der Waals surface area (Å²) in [5.74, 6) is 1.81. The third-order valence-electron chi connectivity index (χ3n) is 6.20. The molecule has 2 aliphatic heterocycles. The minimum atomic E-state index is -0.337. The fourth-order valence-corrected chi connectivity index (χ4v) is 4.57. The van der Waals surface area contributed by atoms with Crippen LogP contribution in [0, 0.1) is 5.92 Å². The molecule has 0 aliphatic carbocycles. The molecule has 0 saturated carbocycles. The third-order valence-corrected chi connectivity index (χ3v) is 6.20. The van der Waals surface area contributed by atoms with E-state index in [9.17, 15) is 4.79 Å². The van der Waals surface area contributed by atoms with E-state index in [0.29, 0.717) is 0 Å². The minimum Gasteiger partial charge on any atom is -0.497 e. The predicted molar refractivity (Wildman–Crippen MR) is 118 cm³/mol. The summed E-state index contributed by atoms with van der Waals surface area (Å²) in [6, 6.07) is 16.4. The van der Waals surface area contributed by atoms with Crippen molar-refractivity contribution >= 4 is 5.91 Å². The molecule has 0 unspecified atom stereocenters. The molecule has 5 heteroatoms. The van der Waals surface area contributed by atoms with Gasteiger partial charge in [0.15, 0.2) is 0 Å². The lowest BCUT2D eigenvalue weighted by Crippen LogP contribution is -2.45. The van der Waals surface area contributed by atoms with Crippen LogP contribution >= 0.6 is 0 Å². The molecule has 0 aromatic heterocycles. The normalized spacial score (nSPS) is 21.4. The highest BCUT2D eigenvalue weighted by atomic mass is 16.5. The lowest BCUT2D eigenvalue weighted by Gasteiger charge is -2.39. The van der Waals surface area contributed by atoms with Gasteiger partial charge in [0.05, 0.1) is 13.2 Å². The molecule has 1 fully saturated rings. The monoisotopic (exact) mass is 408 g/mol. The number of amides is 1. The zero-order valence-corrected chi connectivity index (χ0v) is 18.2. The number of fused-ring (bicyclic) bond motifs is 1. The first-order valence-electron chi connectivity index (χ1n) is 10.9. The Hall–Kier alpha value is -2.53. The number of hydrogen-bond acceptors (Lipinski definition) is 4. The van der Waals surface area contributed by atoms with Gasteiger partial charge < -0.3 is 14.8 Å². The van der Waals surface area contributed by atoms with Gasteiger partial charge in [-0.1, -0.05) is 30.3 Å². The molecule has 5 nitrogen and oxygen atoms in total. The Morgan fingerprint density at radius 3 is 2.60 bits per heavy atom. The summed E-state index contributed by atoms with van der Waals surface area (Å²) in [6.07, 6.45) is 2.56. The second-order valence-corrected chi connectivity index (χ2v) is 9.07. The van der Waals surface area contributed by atoms with Crippen LogP contribution in [0.25, 0.3) is 0 Å². The van der Waals surface area contributed by atoms with Crippen LogP contribution < -0.4 is 14.8 Å². The molecule has 0 bridgehead atoms. The summed E-state index contributed by atoms with van der Waals surface area (Å²) in [4.78, 5) is 15.5. The molecule has 30 heavy (non-hydrogen) atoms. The molecular formula is C25H32N2O3. The van der Waals surface area contributed by atoms with E-state index in [2.05, 4.69) is 48.3 Å². The number of likely N-dealkylation sites (tertiary alicyclic amines) is 1. The summed E-state index contributed by atoms with van der Waals surface area (Å²) < 4.78 is 11.5. The van der Waals surface area contributed by atoms with E-state index < -0.39 is 0 Å². The number of methoxy groups -OCH3 is 1. The van der Waals surface area contributed by atoms with Crippen LogP contribution in [0.4, 0.5) is 0 Å². The van der Waals surface area contributed by atoms with E-state index in [1.165, 1.54) is 5.56 Å². The van der Waals surface area contributed by atoms with Gasteiger partial charge in [-0.15, -0.1) is 0 Å². The molecule has 0 radical (unpaired) electrons. The Balaban J connectivity index is 1.37. The zero-order valence-electron chi connectivity index (χ0n) is 18.2. The van der Waals surface area contributed by atoms with Gasteiger partial charge in [-0.25, -0.2) is 0 Å². The highest BCUT2D eigenvalue weighted by Crippen LogP contribution is 2.41. The van der Waals surface area contributed by atoms with Gasteiger partial charge in [-0.2, -0.15) is 0 Å². The smallest absolute Gasteiger partial charge is 0.223 e. The van der Waals surface area contributed by atoms with Gasteiger partial charge in [-0.05, 0) is 57.5 Å². The van der Waals surface area contributed by atoms with E-state index in [4.69, 9.17) is 9.47 Å². The van der Waals surface area contributed by atoms with Crippen LogP contribution in [0.3, 0.4) is 0 Å². The fourth-order valence-electron chi connectivity index (χ4n) is 4.57. The molecule has 1 atom stereocenters. The highest BCUT2D eigenvalue weighted by Gasteiger charge is 2.36. The largest absolute Gasteiger partial charge is 0.497 e. The van der Waals surface area contributed by atoms with Crippen LogP contribution in [0.15, 0.2) is 48.5 Å². The second-order valence-electron chi connectivity index (χ2n) is 9.07. The summed E-state index contributed by atoms with van der Waals surface area (Å²) in [5, 5.41) is 3.32. The third kappa shape index (κ3) is 4.78. The van der Waals surface area contributed by atoms with Crippen LogP contribution in [-0.2, 0) is 11.3 Å². The maximum atomic E-state index is 13.1. The van der Waals surface area contributed by atoms with E-state index in [1.807, 2.05) is 24.3 Å². The Morgan fingerprint density at radius 2 is 1.90 bits per heavy atom. The molecule has 160 valence electrons. The Kier molecular flexibility index (Phi) is 6.00.